The molecule has 0 saturated carbocycles. The normalized spacial score (nSPS) is 20.5. The van der Waals surface area contributed by atoms with Crippen molar-refractivity contribution in [1.82, 2.24) is 0 Å². The number of hydrogen-bond acceptors (Lipinski definition) is 0. The lowest BCUT2D eigenvalue weighted by atomic mass is 10.1. The van der Waals surface area contributed by atoms with E-state index < -0.39 is 0 Å². The Bertz CT molecular complexity index is 308. The Hall–Kier alpha value is -1.29. The Morgan fingerprint density at radius 1 is 1.55 bits per heavy atom. The fraction of sp³-hybridized carbons (Fsp3) is 0.300. The van der Waals surface area contributed by atoms with Crippen LogP contribution >= 0.6 is 0 Å². The summed E-state index contributed by atoms with van der Waals surface area (Å²) in [6.07, 6.45) is 8.99. The average Bonchev–Trinajstić information content (AvgIpc) is 2.28. The van der Waals surface area contributed by atoms with Crippen molar-refractivity contribution >= 4 is 5.71 Å². The van der Waals surface area contributed by atoms with E-state index in [-0.39, 0.29) is 0 Å². The molecule has 0 aromatic heterocycles. The van der Waals surface area contributed by atoms with Crippen LogP contribution in [0.15, 0.2) is 22.9 Å². The highest BCUT2D eigenvalue weighted by Gasteiger charge is 2.11. The van der Waals surface area contributed by atoms with Gasteiger partial charge in [0.1, 0.15) is 0 Å². The number of nitrogens with one attached hydrogen (secondary N) is 1. The predicted molar refractivity (Wildman–Crippen MR) is 45.2 cm³/mol. The molecule has 1 aliphatic heterocycles. The molecular weight excluding hydrogens is 134 g/mol. The van der Waals surface area contributed by atoms with E-state index in [1.165, 1.54) is 0 Å². The van der Waals surface area contributed by atoms with E-state index in [2.05, 4.69) is 10.9 Å². The summed E-state index contributed by atoms with van der Waals surface area (Å²) in [7, 11) is 0. The smallest absolute Gasteiger partial charge is 0.175 e. The molecule has 0 radical (unpaired) electrons. The van der Waals surface area contributed by atoms with Crippen LogP contribution in [-0.2, 0) is 0 Å². The molecule has 0 aromatic rings. The molecule has 1 N–H and O–H groups in total. The van der Waals surface area contributed by atoms with E-state index in [1.807, 2.05) is 26.8 Å². The third-order valence-corrected chi connectivity index (χ3v) is 1.74. The van der Waals surface area contributed by atoms with Crippen LogP contribution in [0.2, 0.25) is 0 Å². The molecule has 0 saturated heterocycles. The van der Waals surface area contributed by atoms with Crippen molar-refractivity contribution in [3.8, 4) is 5.92 Å². The monoisotopic (exact) mass is 145 g/mol. The molecule has 1 heteroatoms. The van der Waals surface area contributed by atoms with Gasteiger partial charge in [-0.3, -0.25) is 5.92 Å². The van der Waals surface area contributed by atoms with Gasteiger partial charge in [0.05, 0.1) is 0 Å². The predicted octanol–water partition coefficient (Wildman–Crippen LogP) is 0.352. The molecule has 0 aliphatic carbocycles. The molecule has 0 unspecified atom stereocenters. The van der Waals surface area contributed by atoms with Crippen molar-refractivity contribution in [3.05, 3.63) is 29.3 Å². The van der Waals surface area contributed by atoms with Gasteiger partial charge in [-0.1, -0.05) is 6.92 Å². The SMILES string of the molecule is [C-]#CC(C)=C1C=C(C)[NH+]=C1C. The fourth-order valence-corrected chi connectivity index (χ4v) is 1.18. The summed E-state index contributed by atoms with van der Waals surface area (Å²) in [6.45, 7) is 5.90. The quantitative estimate of drug-likeness (QED) is 0.373. The average molecular weight is 145 g/mol. The van der Waals surface area contributed by atoms with Crippen molar-refractivity contribution in [2.45, 2.75) is 20.8 Å². The second kappa shape index (κ2) is 2.75. The Labute approximate surface area is 67.5 Å². The first-order valence-corrected chi connectivity index (χ1v) is 3.58. The Kier molecular flexibility index (Phi) is 1.96. The van der Waals surface area contributed by atoms with Gasteiger partial charge in [-0.25, -0.2) is 4.99 Å². The molecule has 0 bridgehead atoms. The number of hydrogen-bond donors (Lipinski definition) is 1. The summed E-state index contributed by atoms with van der Waals surface area (Å²) in [6, 6.07) is 0. The number of rotatable bonds is 0. The van der Waals surface area contributed by atoms with E-state index in [9.17, 15) is 0 Å². The molecule has 0 fully saturated rings. The fourth-order valence-electron chi connectivity index (χ4n) is 1.18. The third kappa shape index (κ3) is 1.40. The highest BCUT2D eigenvalue weighted by Crippen LogP contribution is 2.08. The molecule has 0 atom stereocenters. The van der Waals surface area contributed by atoms with Crippen LogP contribution in [0.5, 0.6) is 0 Å². The zero-order valence-corrected chi connectivity index (χ0v) is 7.08. The minimum Gasteiger partial charge on any atom is -0.366 e. The Morgan fingerprint density at radius 2 is 2.18 bits per heavy atom. The van der Waals surface area contributed by atoms with Gasteiger partial charge in [-0.05, 0) is 5.57 Å². The first-order chi connectivity index (χ1) is 5.15. The molecule has 11 heavy (non-hydrogen) atoms. The second-order valence-corrected chi connectivity index (χ2v) is 2.74. The van der Waals surface area contributed by atoms with Gasteiger partial charge >= 0.3 is 0 Å². The molecule has 1 aliphatic rings. The molecular formula is C10H11N. The van der Waals surface area contributed by atoms with Crippen LogP contribution in [-0.4, -0.2) is 5.71 Å². The Balaban J connectivity index is 3.15. The van der Waals surface area contributed by atoms with E-state index in [4.69, 9.17) is 6.42 Å². The van der Waals surface area contributed by atoms with Gasteiger partial charge in [0, 0.05) is 19.9 Å². The Morgan fingerprint density at radius 3 is 2.55 bits per heavy atom. The van der Waals surface area contributed by atoms with Crippen LogP contribution in [0.3, 0.4) is 0 Å². The van der Waals surface area contributed by atoms with Crippen molar-refractivity contribution in [2.75, 3.05) is 0 Å². The molecule has 1 rings (SSSR count). The second-order valence-electron chi connectivity index (χ2n) is 2.74. The van der Waals surface area contributed by atoms with Crippen molar-refractivity contribution in [1.29, 1.82) is 0 Å². The van der Waals surface area contributed by atoms with E-state index >= 15 is 0 Å². The van der Waals surface area contributed by atoms with Gasteiger partial charge < -0.3 is 6.42 Å². The van der Waals surface area contributed by atoms with Crippen LogP contribution in [0, 0.1) is 12.3 Å². The van der Waals surface area contributed by atoms with Gasteiger partial charge in [0.15, 0.2) is 11.4 Å². The first kappa shape index (κ1) is 7.81. The largest absolute Gasteiger partial charge is 0.366 e. The maximum atomic E-state index is 6.95. The molecule has 0 spiro atoms. The van der Waals surface area contributed by atoms with E-state index in [0.29, 0.717) is 0 Å². The lowest BCUT2D eigenvalue weighted by Gasteiger charge is -2.00. The summed E-state index contributed by atoms with van der Waals surface area (Å²) in [4.78, 5) is 3.18. The first-order valence-electron chi connectivity index (χ1n) is 3.58. The highest BCUT2D eigenvalue weighted by atomic mass is 14.8. The molecule has 1 nitrogen and oxygen atoms in total. The van der Waals surface area contributed by atoms with Gasteiger partial charge in [0.25, 0.3) is 0 Å². The maximum Gasteiger partial charge on any atom is 0.175 e. The van der Waals surface area contributed by atoms with Gasteiger partial charge in [0.2, 0.25) is 0 Å². The van der Waals surface area contributed by atoms with E-state index in [0.717, 1.165) is 22.6 Å². The van der Waals surface area contributed by atoms with Crippen molar-refractivity contribution in [2.24, 2.45) is 0 Å². The van der Waals surface area contributed by atoms with Crippen LogP contribution in [0.25, 0.3) is 0 Å². The van der Waals surface area contributed by atoms with Crippen molar-refractivity contribution < 1.29 is 4.99 Å². The lowest BCUT2D eigenvalue weighted by molar-refractivity contribution is -0.392. The highest BCUT2D eigenvalue weighted by molar-refractivity contribution is 5.99. The van der Waals surface area contributed by atoms with Crippen molar-refractivity contribution in [3.63, 3.8) is 0 Å². The minimum atomic E-state index is 0.881. The summed E-state index contributed by atoms with van der Waals surface area (Å²) in [5.41, 5.74) is 4.22. The lowest BCUT2D eigenvalue weighted by Crippen LogP contribution is -2.67. The summed E-state index contributed by atoms with van der Waals surface area (Å²) < 4.78 is 0. The minimum absolute atomic E-state index is 0.881. The summed E-state index contributed by atoms with van der Waals surface area (Å²) in [5, 5.41) is 0. The molecule has 1 heterocycles. The van der Waals surface area contributed by atoms with E-state index in [1.54, 1.807) is 0 Å². The zero-order chi connectivity index (χ0) is 8.43. The number of allylic oxidation sites excluding steroid dienone is 4. The molecule has 56 valence electrons. The zero-order valence-electron chi connectivity index (χ0n) is 7.08. The molecule has 0 aromatic carbocycles. The van der Waals surface area contributed by atoms with Crippen LogP contribution < -0.4 is 4.99 Å². The maximum absolute atomic E-state index is 6.95. The molecule has 0 amide bonds. The van der Waals surface area contributed by atoms with Crippen LogP contribution in [0.1, 0.15) is 20.8 Å². The third-order valence-electron chi connectivity index (χ3n) is 1.74. The van der Waals surface area contributed by atoms with Gasteiger partial charge in [-0.2, -0.15) is 0 Å². The topological polar surface area (TPSA) is 14.0 Å². The standard InChI is InChI=1S/C10H10N/c1-5-7(2)10-6-8(3)11-9(10)4/h6H,2-4H3/q-1/p+1. The van der Waals surface area contributed by atoms with Gasteiger partial charge in [-0.15, -0.1) is 5.57 Å². The summed E-state index contributed by atoms with van der Waals surface area (Å²) in [5.74, 6) is 2.38. The summed E-state index contributed by atoms with van der Waals surface area (Å²) >= 11 is 0. The van der Waals surface area contributed by atoms with Crippen LogP contribution in [0.4, 0.5) is 0 Å².